The molecule has 2 N–H and O–H groups in total. The van der Waals surface area contributed by atoms with Crippen molar-refractivity contribution in [2.24, 2.45) is 0 Å². The lowest BCUT2D eigenvalue weighted by atomic mass is 10.1. The van der Waals surface area contributed by atoms with E-state index >= 15 is 0 Å². The Labute approximate surface area is 171 Å². The van der Waals surface area contributed by atoms with Gasteiger partial charge >= 0.3 is 5.97 Å². The van der Waals surface area contributed by atoms with Gasteiger partial charge in [0.25, 0.3) is 0 Å². The fraction of sp³-hybridized carbons (Fsp3) is 0.318. The summed E-state index contributed by atoms with van der Waals surface area (Å²) in [4.78, 5) is 38.1. The van der Waals surface area contributed by atoms with Gasteiger partial charge in [-0.25, -0.2) is 4.79 Å². The second-order valence-corrected chi connectivity index (χ2v) is 7.08. The number of carbonyl (C=O) groups is 3. The quantitative estimate of drug-likeness (QED) is 0.702. The van der Waals surface area contributed by atoms with Gasteiger partial charge in [-0.05, 0) is 51.1 Å². The first-order chi connectivity index (χ1) is 13.7. The maximum atomic E-state index is 12.4. The molecule has 0 atom stereocenters. The van der Waals surface area contributed by atoms with Crippen LogP contribution in [0.5, 0.6) is 0 Å². The van der Waals surface area contributed by atoms with Crippen LogP contribution in [0.15, 0.2) is 36.4 Å². The molecule has 29 heavy (non-hydrogen) atoms. The highest BCUT2D eigenvalue weighted by molar-refractivity contribution is 6.02. The summed E-state index contributed by atoms with van der Waals surface area (Å²) in [6.07, 6.45) is 0. The van der Waals surface area contributed by atoms with Crippen molar-refractivity contribution in [1.82, 2.24) is 4.90 Å². The number of hydrogen-bond acceptors (Lipinski definition) is 5. The molecule has 0 aliphatic rings. The minimum absolute atomic E-state index is 0.00517. The molecular formula is C22H27N3O4. The fourth-order valence-electron chi connectivity index (χ4n) is 3.17. The molecule has 2 aromatic carbocycles. The molecule has 0 bridgehead atoms. The van der Waals surface area contributed by atoms with Crippen molar-refractivity contribution in [3.05, 3.63) is 58.7 Å². The average Bonchev–Trinajstić information content (AvgIpc) is 2.64. The van der Waals surface area contributed by atoms with Crippen LogP contribution in [0.4, 0.5) is 11.4 Å². The van der Waals surface area contributed by atoms with E-state index in [0.717, 1.165) is 22.4 Å². The molecule has 0 fully saturated rings. The molecule has 2 aromatic rings. The number of nitrogens with one attached hydrogen (secondary N) is 2. The normalized spacial score (nSPS) is 10.6. The van der Waals surface area contributed by atoms with Crippen LogP contribution >= 0.6 is 0 Å². The van der Waals surface area contributed by atoms with Crippen LogP contribution in [-0.2, 0) is 14.3 Å². The Hall–Kier alpha value is -3.19. The molecular weight excluding hydrogens is 370 g/mol. The molecule has 0 spiro atoms. The van der Waals surface area contributed by atoms with E-state index in [4.69, 9.17) is 4.74 Å². The van der Waals surface area contributed by atoms with Crippen molar-refractivity contribution in [3.8, 4) is 0 Å². The molecule has 2 rings (SSSR count). The summed E-state index contributed by atoms with van der Waals surface area (Å²) in [6, 6.07) is 10.6. The SMILES string of the molecule is COC(=O)c1ccccc1NC(=O)CN(C)CC(=O)Nc1c(C)cc(C)cc1C. The third-order valence-electron chi connectivity index (χ3n) is 4.37. The van der Waals surface area contributed by atoms with Crippen LogP contribution in [0, 0.1) is 20.8 Å². The van der Waals surface area contributed by atoms with Gasteiger partial charge in [0.05, 0.1) is 31.5 Å². The Kier molecular flexibility index (Phi) is 7.50. The molecule has 7 heteroatoms. The summed E-state index contributed by atoms with van der Waals surface area (Å²) in [5.41, 5.74) is 4.57. The first-order valence-electron chi connectivity index (χ1n) is 9.24. The lowest BCUT2D eigenvalue weighted by Gasteiger charge is -2.18. The number of hydrogen-bond donors (Lipinski definition) is 2. The van der Waals surface area contributed by atoms with Crippen LogP contribution in [0.1, 0.15) is 27.0 Å². The highest BCUT2D eigenvalue weighted by Crippen LogP contribution is 2.21. The summed E-state index contributed by atoms with van der Waals surface area (Å²) in [7, 11) is 2.96. The Morgan fingerprint density at radius 3 is 2.07 bits per heavy atom. The van der Waals surface area contributed by atoms with Crippen LogP contribution in [0.2, 0.25) is 0 Å². The number of amides is 2. The minimum atomic E-state index is -0.530. The van der Waals surface area contributed by atoms with Gasteiger partial charge in [0.1, 0.15) is 0 Å². The Balaban J connectivity index is 1.94. The van der Waals surface area contributed by atoms with Crippen molar-refractivity contribution in [2.75, 3.05) is 37.9 Å². The van der Waals surface area contributed by atoms with E-state index in [-0.39, 0.29) is 30.5 Å². The predicted octanol–water partition coefficient (Wildman–Crippen LogP) is 2.91. The Morgan fingerprint density at radius 2 is 1.48 bits per heavy atom. The molecule has 0 heterocycles. The number of benzene rings is 2. The van der Waals surface area contributed by atoms with Gasteiger partial charge in [0, 0.05) is 5.69 Å². The molecule has 0 aliphatic carbocycles. The number of para-hydroxylation sites is 1. The largest absolute Gasteiger partial charge is 0.465 e. The van der Waals surface area contributed by atoms with Gasteiger partial charge in [-0.2, -0.15) is 0 Å². The highest BCUT2D eigenvalue weighted by atomic mass is 16.5. The third-order valence-corrected chi connectivity index (χ3v) is 4.37. The monoisotopic (exact) mass is 397 g/mol. The maximum Gasteiger partial charge on any atom is 0.339 e. The van der Waals surface area contributed by atoms with E-state index in [1.807, 2.05) is 32.9 Å². The van der Waals surface area contributed by atoms with Gasteiger partial charge in [-0.15, -0.1) is 0 Å². The maximum absolute atomic E-state index is 12.4. The minimum Gasteiger partial charge on any atom is -0.465 e. The van der Waals surface area contributed by atoms with Crippen LogP contribution in [0.3, 0.4) is 0 Å². The number of anilines is 2. The zero-order valence-corrected chi connectivity index (χ0v) is 17.5. The van der Waals surface area contributed by atoms with Gasteiger partial charge in [-0.3, -0.25) is 14.5 Å². The average molecular weight is 397 g/mol. The molecule has 0 radical (unpaired) electrons. The van der Waals surface area contributed by atoms with Gasteiger partial charge in [-0.1, -0.05) is 29.8 Å². The van der Waals surface area contributed by atoms with Gasteiger partial charge in [0.15, 0.2) is 0 Å². The summed E-state index contributed by atoms with van der Waals surface area (Å²) in [5.74, 6) is -1.07. The van der Waals surface area contributed by atoms with E-state index in [9.17, 15) is 14.4 Å². The molecule has 0 saturated heterocycles. The molecule has 0 aliphatic heterocycles. The van der Waals surface area contributed by atoms with Crippen molar-refractivity contribution >= 4 is 29.2 Å². The zero-order chi connectivity index (χ0) is 21.6. The Morgan fingerprint density at radius 1 is 0.931 bits per heavy atom. The molecule has 154 valence electrons. The van der Waals surface area contributed by atoms with Crippen molar-refractivity contribution in [1.29, 1.82) is 0 Å². The molecule has 0 saturated carbocycles. The number of aryl methyl sites for hydroxylation is 3. The van der Waals surface area contributed by atoms with E-state index in [2.05, 4.69) is 10.6 Å². The van der Waals surface area contributed by atoms with Crippen LogP contribution in [-0.4, -0.2) is 49.9 Å². The standard InChI is InChI=1S/C22H27N3O4/c1-14-10-15(2)21(16(3)11-14)24-20(27)13-25(4)12-19(26)23-18-9-7-6-8-17(18)22(28)29-5/h6-11H,12-13H2,1-5H3,(H,23,26)(H,24,27). The smallest absolute Gasteiger partial charge is 0.339 e. The molecule has 2 amide bonds. The van der Waals surface area contributed by atoms with E-state index in [1.54, 1.807) is 36.2 Å². The highest BCUT2D eigenvalue weighted by Gasteiger charge is 2.16. The molecule has 0 unspecified atom stereocenters. The van der Waals surface area contributed by atoms with Crippen LogP contribution in [0.25, 0.3) is 0 Å². The first kappa shape index (κ1) is 22.1. The van der Waals surface area contributed by atoms with Crippen LogP contribution < -0.4 is 10.6 Å². The number of methoxy groups -OCH3 is 1. The fourth-order valence-corrected chi connectivity index (χ4v) is 3.17. The second kappa shape index (κ2) is 9.84. The summed E-state index contributed by atoms with van der Waals surface area (Å²) in [5, 5.41) is 5.61. The summed E-state index contributed by atoms with van der Waals surface area (Å²) in [6.45, 7) is 5.96. The topological polar surface area (TPSA) is 87.7 Å². The van der Waals surface area contributed by atoms with Crippen molar-refractivity contribution < 1.29 is 19.1 Å². The number of carbonyl (C=O) groups excluding carboxylic acids is 3. The van der Waals surface area contributed by atoms with E-state index < -0.39 is 5.97 Å². The van der Waals surface area contributed by atoms with Gasteiger partial charge < -0.3 is 15.4 Å². The number of nitrogens with zero attached hydrogens (tertiary/aromatic N) is 1. The Bertz CT molecular complexity index is 901. The van der Waals surface area contributed by atoms with Gasteiger partial charge in [0.2, 0.25) is 11.8 Å². The number of rotatable bonds is 7. The first-order valence-corrected chi connectivity index (χ1v) is 9.24. The zero-order valence-electron chi connectivity index (χ0n) is 17.5. The lowest BCUT2D eigenvalue weighted by molar-refractivity contribution is -0.119. The van der Waals surface area contributed by atoms with E-state index in [0.29, 0.717) is 5.69 Å². The van der Waals surface area contributed by atoms with E-state index in [1.165, 1.54) is 7.11 Å². The lowest BCUT2D eigenvalue weighted by Crippen LogP contribution is -2.36. The van der Waals surface area contributed by atoms with Crippen molar-refractivity contribution in [2.45, 2.75) is 20.8 Å². The molecule has 7 nitrogen and oxygen atoms in total. The number of esters is 1. The summed E-state index contributed by atoms with van der Waals surface area (Å²) < 4.78 is 4.72. The third kappa shape index (κ3) is 6.15. The second-order valence-electron chi connectivity index (χ2n) is 7.08. The number of ether oxygens (including phenoxy) is 1. The number of likely N-dealkylation sites (N-methyl/N-ethyl adjacent to an activating group) is 1. The van der Waals surface area contributed by atoms with Crippen molar-refractivity contribution in [3.63, 3.8) is 0 Å². The predicted molar refractivity (Wildman–Crippen MR) is 113 cm³/mol. The molecule has 0 aromatic heterocycles. The summed E-state index contributed by atoms with van der Waals surface area (Å²) >= 11 is 0.